The number of hydrogen-bond donors (Lipinski definition) is 4. The third-order valence-electron chi connectivity index (χ3n) is 2.21. The SMILES string of the molecule is Nc1nc2c(ncn2OCC/C=C/P(=O)(O)O)c(=O)[nH]1. The molecule has 2 aromatic heterocycles. The number of H-pyrrole nitrogens is 1. The van der Waals surface area contributed by atoms with Gasteiger partial charge in [0.05, 0.1) is 0 Å². The van der Waals surface area contributed by atoms with Crippen molar-refractivity contribution in [2.45, 2.75) is 6.42 Å². The average Bonchev–Trinajstić information content (AvgIpc) is 2.70. The lowest BCUT2D eigenvalue weighted by atomic mass is 10.5. The van der Waals surface area contributed by atoms with Gasteiger partial charge in [0.25, 0.3) is 5.56 Å². The molecule has 0 atom stereocenters. The van der Waals surface area contributed by atoms with E-state index in [1.165, 1.54) is 17.1 Å². The van der Waals surface area contributed by atoms with E-state index in [1.807, 2.05) is 0 Å². The Morgan fingerprint density at radius 1 is 1.55 bits per heavy atom. The third kappa shape index (κ3) is 3.44. The van der Waals surface area contributed by atoms with Crippen LogP contribution in [0.2, 0.25) is 0 Å². The van der Waals surface area contributed by atoms with Crippen LogP contribution in [0.5, 0.6) is 0 Å². The summed E-state index contributed by atoms with van der Waals surface area (Å²) in [5.41, 5.74) is 5.20. The van der Waals surface area contributed by atoms with Crippen molar-refractivity contribution in [2.24, 2.45) is 0 Å². The van der Waals surface area contributed by atoms with Gasteiger partial charge in [-0.25, -0.2) is 4.98 Å². The first-order chi connectivity index (χ1) is 9.37. The van der Waals surface area contributed by atoms with Gasteiger partial charge in [0.15, 0.2) is 5.52 Å². The fraction of sp³-hybridized carbons (Fsp3) is 0.222. The highest BCUT2D eigenvalue weighted by Crippen LogP contribution is 2.35. The Kier molecular flexibility index (Phi) is 3.89. The van der Waals surface area contributed by atoms with Crippen molar-refractivity contribution < 1.29 is 19.2 Å². The van der Waals surface area contributed by atoms with E-state index in [9.17, 15) is 9.36 Å². The van der Waals surface area contributed by atoms with Gasteiger partial charge in [-0.3, -0.25) is 14.3 Å². The number of imidazole rings is 1. The number of hydrogen-bond acceptors (Lipinski definition) is 6. The van der Waals surface area contributed by atoms with Crippen LogP contribution in [-0.4, -0.2) is 36.1 Å². The molecule has 0 radical (unpaired) electrons. The molecule has 0 fully saturated rings. The van der Waals surface area contributed by atoms with Crippen LogP contribution in [-0.2, 0) is 4.57 Å². The summed E-state index contributed by atoms with van der Waals surface area (Å²) in [6, 6.07) is 0. The molecule has 2 aromatic rings. The first kappa shape index (κ1) is 14.3. The number of nitrogen functional groups attached to an aromatic ring is 1. The first-order valence-corrected chi connectivity index (χ1v) is 7.14. The zero-order valence-electron chi connectivity index (χ0n) is 10.1. The Labute approximate surface area is 112 Å². The highest BCUT2D eigenvalue weighted by atomic mass is 31.2. The topological polar surface area (TPSA) is 156 Å². The molecule has 2 rings (SSSR count). The van der Waals surface area contributed by atoms with E-state index in [4.69, 9.17) is 20.4 Å². The average molecular weight is 301 g/mol. The van der Waals surface area contributed by atoms with Gasteiger partial charge in [0, 0.05) is 12.2 Å². The molecule has 0 saturated carbocycles. The lowest BCUT2D eigenvalue weighted by Crippen LogP contribution is -2.15. The van der Waals surface area contributed by atoms with Crippen molar-refractivity contribution >= 4 is 24.7 Å². The maximum absolute atomic E-state index is 11.5. The first-order valence-electron chi connectivity index (χ1n) is 5.46. The molecular weight excluding hydrogens is 289 g/mol. The Morgan fingerprint density at radius 3 is 3.00 bits per heavy atom. The molecule has 0 bridgehead atoms. The minimum atomic E-state index is -4.15. The molecule has 0 aliphatic rings. The highest BCUT2D eigenvalue weighted by Gasteiger charge is 2.09. The number of nitrogens with one attached hydrogen (secondary N) is 1. The number of nitrogens with two attached hydrogens (primary N) is 1. The van der Waals surface area contributed by atoms with Gasteiger partial charge in [-0.15, -0.1) is 0 Å². The normalized spacial score (nSPS) is 12.3. The number of rotatable bonds is 5. The van der Waals surface area contributed by atoms with E-state index in [-0.39, 0.29) is 30.1 Å². The van der Waals surface area contributed by atoms with E-state index in [0.29, 0.717) is 0 Å². The van der Waals surface area contributed by atoms with E-state index >= 15 is 0 Å². The second kappa shape index (κ2) is 5.45. The molecule has 108 valence electrons. The van der Waals surface area contributed by atoms with Crippen molar-refractivity contribution in [1.82, 2.24) is 19.7 Å². The highest BCUT2D eigenvalue weighted by molar-refractivity contribution is 7.55. The summed E-state index contributed by atoms with van der Waals surface area (Å²) < 4.78 is 11.7. The third-order valence-corrected chi connectivity index (χ3v) is 2.81. The molecule has 0 aromatic carbocycles. The largest absolute Gasteiger partial charge is 0.410 e. The molecule has 10 nitrogen and oxygen atoms in total. The van der Waals surface area contributed by atoms with Crippen molar-refractivity contribution in [3.8, 4) is 0 Å². The molecule has 2 heterocycles. The van der Waals surface area contributed by atoms with Crippen LogP contribution in [0.1, 0.15) is 6.42 Å². The number of fused-ring (bicyclic) bond motifs is 1. The summed E-state index contributed by atoms with van der Waals surface area (Å²) in [7, 11) is -4.15. The van der Waals surface area contributed by atoms with Gasteiger partial charge in [-0.2, -0.15) is 9.71 Å². The Balaban J connectivity index is 2.06. The predicted molar refractivity (Wildman–Crippen MR) is 69.8 cm³/mol. The lowest BCUT2D eigenvalue weighted by Gasteiger charge is -2.04. The number of aromatic nitrogens is 4. The van der Waals surface area contributed by atoms with Crippen LogP contribution in [0.3, 0.4) is 0 Å². The maximum Gasteiger partial charge on any atom is 0.348 e. The fourth-order valence-corrected chi connectivity index (χ4v) is 1.86. The van der Waals surface area contributed by atoms with Gasteiger partial charge >= 0.3 is 7.60 Å². The quantitative estimate of drug-likeness (QED) is 0.413. The van der Waals surface area contributed by atoms with Gasteiger partial charge in [0.1, 0.15) is 12.9 Å². The van der Waals surface area contributed by atoms with Crippen LogP contribution in [0.25, 0.3) is 11.2 Å². The van der Waals surface area contributed by atoms with Crippen LogP contribution in [0, 0.1) is 0 Å². The van der Waals surface area contributed by atoms with Gasteiger partial charge in [0.2, 0.25) is 11.6 Å². The van der Waals surface area contributed by atoms with Crippen molar-refractivity contribution in [1.29, 1.82) is 0 Å². The second-order valence-corrected chi connectivity index (χ2v) is 5.27. The summed E-state index contributed by atoms with van der Waals surface area (Å²) >= 11 is 0. The van der Waals surface area contributed by atoms with Gasteiger partial charge < -0.3 is 20.4 Å². The van der Waals surface area contributed by atoms with E-state index < -0.39 is 13.2 Å². The van der Waals surface area contributed by atoms with E-state index in [1.54, 1.807) is 0 Å². The van der Waals surface area contributed by atoms with E-state index in [0.717, 1.165) is 5.82 Å². The Hall–Kier alpha value is -2.16. The van der Waals surface area contributed by atoms with E-state index in [2.05, 4.69) is 15.0 Å². The van der Waals surface area contributed by atoms with Gasteiger partial charge in [-0.05, 0) is 0 Å². The summed E-state index contributed by atoms with van der Waals surface area (Å²) in [5, 5.41) is 0. The van der Waals surface area contributed by atoms with Crippen LogP contribution >= 0.6 is 7.60 Å². The lowest BCUT2D eigenvalue weighted by molar-refractivity contribution is 0.121. The molecule has 0 saturated heterocycles. The smallest absolute Gasteiger partial charge is 0.348 e. The van der Waals surface area contributed by atoms with Gasteiger partial charge in [-0.1, -0.05) is 6.08 Å². The molecule has 0 amide bonds. The molecule has 0 aliphatic carbocycles. The molecule has 11 heteroatoms. The van der Waals surface area contributed by atoms with Crippen LogP contribution in [0.15, 0.2) is 23.0 Å². The zero-order valence-corrected chi connectivity index (χ0v) is 11.0. The molecule has 20 heavy (non-hydrogen) atoms. The number of anilines is 1. The summed E-state index contributed by atoms with van der Waals surface area (Å²) in [5.74, 6) is 0.734. The van der Waals surface area contributed by atoms with Crippen molar-refractivity contribution in [3.63, 3.8) is 0 Å². The summed E-state index contributed by atoms with van der Waals surface area (Å²) in [6.45, 7) is 0.121. The molecule has 0 unspecified atom stereocenters. The molecule has 0 spiro atoms. The standard InChI is InChI=1S/C9H12N5O5P/c10-9-12-7-6(8(15)13-9)11-5-14(7)19-3-1-2-4-20(16,17)18/h2,4-5H,1,3H2,(H2,16,17,18)(H3,10,12,13,15)/b4-2+. The minimum absolute atomic E-state index is 0.0609. The second-order valence-electron chi connectivity index (χ2n) is 3.79. The molecule has 5 N–H and O–H groups in total. The predicted octanol–water partition coefficient (Wildman–Crippen LogP) is -0.788. The van der Waals surface area contributed by atoms with Crippen molar-refractivity contribution in [3.05, 3.63) is 28.6 Å². The van der Waals surface area contributed by atoms with Crippen LogP contribution < -0.4 is 16.1 Å². The Morgan fingerprint density at radius 2 is 2.30 bits per heavy atom. The molecule has 0 aliphatic heterocycles. The number of nitrogens with zero attached hydrogens (tertiary/aromatic N) is 3. The zero-order chi connectivity index (χ0) is 14.8. The van der Waals surface area contributed by atoms with Crippen LogP contribution in [0.4, 0.5) is 5.95 Å². The Bertz CT molecular complexity index is 745. The summed E-state index contributed by atoms with van der Waals surface area (Å²) in [6.07, 6.45) is 2.83. The minimum Gasteiger partial charge on any atom is -0.410 e. The summed E-state index contributed by atoms with van der Waals surface area (Å²) in [4.78, 5) is 44.0. The van der Waals surface area contributed by atoms with Crippen molar-refractivity contribution in [2.75, 3.05) is 12.3 Å². The maximum atomic E-state index is 11.5. The monoisotopic (exact) mass is 301 g/mol. The number of aromatic amines is 1. The fourth-order valence-electron chi connectivity index (χ4n) is 1.43. The molecular formula is C9H12N5O5P.